The lowest BCUT2D eigenvalue weighted by Crippen LogP contribution is -2.47. The maximum Gasteiger partial charge on any atom is 0.387 e. The van der Waals surface area contributed by atoms with E-state index >= 15 is 0 Å². The van der Waals surface area contributed by atoms with Gasteiger partial charge in [0.2, 0.25) is 0 Å². The van der Waals surface area contributed by atoms with Crippen LogP contribution in [-0.4, -0.2) is 58.8 Å². The highest BCUT2D eigenvalue weighted by Gasteiger charge is 2.30. The number of pyridine rings is 1. The van der Waals surface area contributed by atoms with Crippen LogP contribution in [0.5, 0.6) is 5.75 Å². The Bertz CT molecular complexity index is 839. The van der Waals surface area contributed by atoms with Crippen molar-refractivity contribution in [3.8, 4) is 17.0 Å². The van der Waals surface area contributed by atoms with Crippen molar-refractivity contribution >= 4 is 5.82 Å². The van der Waals surface area contributed by atoms with E-state index in [0.717, 1.165) is 49.5 Å². The minimum atomic E-state index is -2.93. The molecule has 1 unspecified atom stereocenters. The van der Waals surface area contributed by atoms with E-state index in [1.807, 2.05) is 0 Å². The number of hydrogen-bond donors (Lipinski definition) is 2. The van der Waals surface area contributed by atoms with Gasteiger partial charge >= 0.3 is 6.61 Å². The van der Waals surface area contributed by atoms with Crippen molar-refractivity contribution in [2.24, 2.45) is 5.92 Å². The molecule has 0 amide bonds. The summed E-state index contributed by atoms with van der Waals surface area (Å²) in [6.07, 6.45) is 8.05. The number of nitrogens with one attached hydrogen (secondary N) is 1. The predicted molar refractivity (Wildman–Crippen MR) is 109 cm³/mol. The van der Waals surface area contributed by atoms with Crippen LogP contribution in [0.3, 0.4) is 0 Å². The summed E-state index contributed by atoms with van der Waals surface area (Å²) in [4.78, 5) is 14.0. The van der Waals surface area contributed by atoms with Crippen molar-refractivity contribution < 1.29 is 18.3 Å². The van der Waals surface area contributed by atoms with Crippen LogP contribution in [0.2, 0.25) is 0 Å². The highest BCUT2D eigenvalue weighted by atomic mass is 19.3. The summed E-state index contributed by atoms with van der Waals surface area (Å²) < 4.78 is 34.0. The number of anilines is 1. The topological polar surface area (TPSA) is 89.3 Å². The average molecular weight is 421 g/mol. The van der Waals surface area contributed by atoms with Crippen LogP contribution in [0.15, 0.2) is 18.5 Å². The Morgan fingerprint density at radius 2 is 2.03 bits per heavy atom. The fraction of sp³-hybridized carbons (Fsp3) is 0.619. The maximum atomic E-state index is 12.3. The molecule has 0 bridgehead atoms. The summed E-state index contributed by atoms with van der Waals surface area (Å²) in [7, 11) is 0. The van der Waals surface area contributed by atoms with Gasteiger partial charge in [0, 0.05) is 24.2 Å². The van der Waals surface area contributed by atoms with Crippen molar-refractivity contribution in [2.75, 3.05) is 32.0 Å². The number of alkyl halides is 2. The molecule has 9 heteroatoms. The molecule has 30 heavy (non-hydrogen) atoms. The summed E-state index contributed by atoms with van der Waals surface area (Å²) in [5.74, 6) is 2.13. The van der Waals surface area contributed by atoms with Crippen LogP contribution in [0.25, 0.3) is 11.3 Å². The molecule has 2 aliphatic heterocycles. The molecule has 7 nitrogen and oxygen atoms in total. The standard InChI is InChI=1S/C13H14F2N4O.C8H15NO/c14-13(15)20-10-4-8(5-17-11(10)16)9-6-18-12(19-9)7-2-1-3-7;1-7-2-3-9(4-7)8-5-10-6-8/h4-7,13H,1-3H2,(H2,16,17)(H,18,19);7-8H,2-6H2,1H3. The zero-order valence-corrected chi connectivity index (χ0v) is 17.2. The molecule has 0 radical (unpaired) electrons. The van der Waals surface area contributed by atoms with Crippen LogP contribution in [0, 0.1) is 5.92 Å². The first-order valence-corrected chi connectivity index (χ1v) is 10.6. The van der Waals surface area contributed by atoms with Gasteiger partial charge in [0.05, 0.1) is 31.1 Å². The van der Waals surface area contributed by atoms with Crippen molar-refractivity contribution in [3.63, 3.8) is 0 Å². The smallest absolute Gasteiger partial charge is 0.387 e. The number of likely N-dealkylation sites (tertiary alicyclic amines) is 1. The third kappa shape index (κ3) is 4.89. The van der Waals surface area contributed by atoms with Crippen molar-refractivity contribution in [1.29, 1.82) is 0 Å². The van der Waals surface area contributed by atoms with Gasteiger partial charge in [0.15, 0.2) is 11.6 Å². The highest BCUT2D eigenvalue weighted by Crippen LogP contribution is 2.36. The van der Waals surface area contributed by atoms with Gasteiger partial charge in [-0.3, -0.25) is 4.90 Å². The van der Waals surface area contributed by atoms with E-state index in [4.69, 9.17) is 10.5 Å². The second-order valence-electron chi connectivity index (χ2n) is 8.38. The predicted octanol–water partition coefficient (Wildman–Crippen LogP) is 3.65. The molecule has 1 saturated carbocycles. The number of ether oxygens (including phenoxy) is 2. The molecule has 2 aromatic rings. The summed E-state index contributed by atoms with van der Waals surface area (Å²) in [5.41, 5.74) is 6.84. The van der Waals surface area contributed by atoms with E-state index in [-0.39, 0.29) is 11.6 Å². The molecule has 164 valence electrons. The Labute approximate surface area is 175 Å². The largest absolute Gasteiger partial charge is 0.431 e. The van der Waals surface area contributed by atoms with Gasteiger partial charge in [-0.1, -0.05) is 13.3 Å². The third-order valence-electron chi connectivity index (χ3n) is 6.09. The summed E-state index contributed by atoms with van der Waals surface area (Å²) in [5, 5.41) is 0. The lowest BCUT2D eigenvalue weighted by atomic mass is 9.85. The van der Waals surface area contributed by atoms with E-state index in [1.54, 1.807) is 6.20 Å². The molecule has 0 spiro atoms. The Balaban J connectivity index is 0.000000181. The van der Waals surface area contributed by atoms with E-state index in [9.17, 15) is 8.78 Å². The second kappa shape index (κ2) is 9.26. The van der Waals surface area contributed by atoms with E-state index in [0.29, 0.717) is 11.5 Å². The third-order valence-corrected chi connectivity index (χ3v) is 6.09. The number of rotatable bonds is 5. The van der Waals surface area contributed by atoms with E-state index in [2.05, 4.69) is 31.5 Å². The Hall–Kier alpha value is -2.26. The van der Waals surface area contributed by atoms with Crippen LogP contribution in [0.1, 0.15) is 44.3 Å². The van der Waals surface area contributed by atoms with Gasteiger partial charge in [-0.2, -0.15) is 8.78 Å². The quantitative estimate of drug-likeness (QED) is 0.766. The number of nitrogens with zero attached hydrogens (tertiary/aromatic N) is 3. The number of aromatic nitrogens is 3. The van der Waals surface area contributed by atoms with E-state index in [1.165, 1.54) is 38.2 Å². The summed E-state index contributed by atoms with van der Waals surface area (Å²) in [6.45, 7) is 3.96. The first-order chi connectivity index (χ1) is 14.5. The van der Waals surface area contributed by atoms with Gasteiger partial charge in [0.25, 0.3) is 0 Å². The minimum Gasteiger partial charge on any atom is -0.431 e. The normalized spacial score (nSPS) is 22.3. The maximum absolute atomic E-state index is 12.3. The molecule has 0 aromatic carbocycles. The Morgan fingerprint density at radius 3 is 2.60 bits per heavy atom. The molecule has 4 heterocycles. The van der Waals surface area contributed by atoms with Gasteiger partial charge < -0.3 is 20.2 Å². The van der Waals surface area contributed by atoms with Crippen LogP contribution in [-0.2, 0) is 4.74 Å². The Kier molecular flexibility index (Phi) is 6.48. The molecule has 2 saturated heterocycles. The Morgan fingerprint density at radius 1 is 1.23 bits per heavy atom. The number of nitrogens with two attached hydrogens (primary N) is 1. The number of hydrogen-bond acceptors (Lipinski definition) is 6. The molecule has 1 atom stereocenters. The first kappa shape index (κ1) is 21.0. The molecular formula is C21H29F2N5O2. The van der Waals surface area contributed by atoms with Crippen LogP contribution >= 0.6 is 0 Å². The molecule has 2 aromatic heterocycles. The monoisotopic (exact) mass is 421 g/mol. The lowest BCUT2D eigenvalue weighted by molar-refractivity contribution is -0.0578. The number of halogens is 2. The molecular weight excluding hydrogens is 392 g/mol. The average Bonchev–Trinajstić information content (AvgIpc) is 3.24. The van der Waals surface area contributed by atoms with Crippen molar-refractivity contribution in [1.82, 2.24) is 19.9 Å². The molecule has 3 aliphatic rings. The number of H-pyrrole nitrogens is 1. The van der Waals surface area contributed by atoms with Gasteiger partial charge in [0.1, 0.15) is 5.82 Å². The minimum absolute atomic E-state index is 0.0622. The summed E-state index contributed by atoms with van der Waals surface area (Å²) >= 11 is 0. The molecule has 1 aliphatic carbocycles. The van der Waals surface area contributed by atoms with E-state index < -0.39 is 6.61 Å². The van der Waals surface area contributed by atoms with Crippen LogP contribution < -0.4 is 10.5 Å². The van der Waals surface area contributed by atoms with Gasteiger partial charge in [-0.15, -0.1) is 0 Å². The second-order valence-corrected chi connectivity index (χ2v) is 8.38. The number of aromatic amines is 1. The van der Waals surface area contributed by atoms with Crippen LogP contribution in [0.4, 0.5) is 14.6 Å². The summed E-state index contributed by atoms with van der Waals surface area (Å²) in [6, 6.07) is 2.21. The fourth-order valence-corrected chi connectivity index (χ4v) is 3.90. The van der Waals surface area contributed by atoms with Gasteiger partial charge in [-0.25, -0.2) is 9.97 Å². The van der Waals surface area contributed by atoms with Gasteiger partial charge in [-0.05, 0) is 37.8 Å². The van der Waals surface area contributed by atoms with Crippen molar-refractivity contribution in [3.05, 3.63) is 24.3 Å². The fourth-order valence-electron chi connectivity index (χ4n) is 3.90. The molecule has 3 N–H and O–H groups in total. The van der Waals surface area contributed by atoms with Crippen molar-refractivity contribution in [2.45, 2.75) is 51.2 Å². The zero-order chi connectivity index (χ0) is 21.1. The number of nitrogen functional groups attached to an aromatic ring is 1. The highest BCUT2D eigenvalue weighted by molar-refractivity contribution is 5.63. The number of imidazole rings is 1. The first-order valence-electron chi connectivity index (χ1n) is 10.6. The zero-order valence-electron chi connectivity index (χ0n) is 17.2. The SMILES string of the molecule is CC1CCN(C2COC2)C1.Nc1ncc(-c2cnc(C3CCC3)[nH]2)cc1OC(F)F. The molecule has 3 fully saturated rings. The molecule has 5 rings (SSSR count). The lowest BCUT2D eigenvalue weighted by Gasteiger charge is -2.34.